The summed E-state index contributed by atoms with van der Waals surface area (Å²) in [4.78, 5) is 53.3. The van der Waals surface area contributed by atoms with Crippen molar-refractivity contribution in [3.63, 3.8) is 0 Å². The van der Waals surface area contributed by atoms with E-state index in [4.69, 9.17) is 9.47 Å². The van der Waals surface area contributed by atoms with Gasteiger partial charge in [0, 0.05) is 50.6 Å². The number of fused-ring (bicyclic) bond motifs is 3. The van der Waals surface area contributed by atoms with Crippen LogP contribution in [-0.4, -0.2) is 94.9 Å². The molecule has 200 valence electrons. The van der Waals surface area contributed by atoms with Crippen LogP contribution in [0.4, 0.5) is 0 Å². The van der Waals surface area contributed by atoms with Crippen LogP contribution in [0.2, 0.25) is 0 Å². The van der Waals surface area contributed by atoms with Crippen LogP contribution in [0.3, 0.4) is 0 Å². The van der Waals surface area contributed by atoms with E-state index in [-0.39, 0.29) is 48.3 Å². The number of hydrogen-bond donors (Lipinski definition) is 0. The molecule has 4 heterocycles. The third kappa shape index (κ3) is 6.19. The summed E-state index contributed by atoms with van der Waals surface area (Å²) in [5, 5.41) is 0. The maximum atomic E-state index is 13.5. The number of ether oxygens (including phenoxy) is 2. The molecule has 1 aromatic heterocycles. The second-order valence-electron chi connectivity index (χ2n) is 9.85. The van der Waals surface area contributed by atoms with Crippen molar-refractivity contribution in [1.29, 1.82) is 0 Å². The molecule has 0 unspecified atom stereocenters. The molecule has 2 saturated heterocycles. The van der Waals surface area contributed by atoms with Gasteiger partial charge >= 0.3 is 0 Å². The molecule has 2 atom stereocenters. The minimum atomic E-state index is -0.364. The second-order valence-corrected chi connectivity index (χ2v) is 9.85. The van der Waals surface area contributed by atoms with Crippen molar-refractivity contribution in [3.8, 4) is 5.75 Å². The number of para-hydroxylation sites is 1. The van der Waals surface area contributed by atoms with Gasteiger partial charge < -0.3 is 24.2 Å². The van der Waals surface area contributed by atoms with Gasteiger partial charge in [-0.05, 0) is 24.3 Å². The van der Waals surface area contributed by atoms with E-state index in [2.05, 4.69) is 16.0 Å². The molecule has 0 N–H and O–H groups in total. The van der Waals surface area contributed by atoms with E-state index in [1.165, 1.54) is 23.5 Å². The molecule has 38 heavy (non-hydrogen) atoms. The van der Waals surface area contributed by atoms with Gasteiger partial charge in [-0.1, -0.05) is 30.4 Å². The number of amides is 3. The fourth-order valence-electron chi connectivity index (χ4n) is 5.28. The summed E-state index contributed by atoms with van der Waals surface area (Å²) in [7, 11) is 0. The van der Waals surface area contributed by atoms with Crippen molar-refractivity contribution < 1.29 is 23.9 Å². The van der Waals surface area contributed by atoms with E-state index in [9.17, 15) is 14.4 Å². The minimum Gasteiger partial charge on any atom is -0.489 e. The van der Waals surface area contributed by atoms with E-state index in [0.717, 1.165) is 12.0 Å². The lowest BCUT2D eigenvalue weighted by Crippen LogP contribution is -2.49. The van der Waals surface area contributed by atoms with Crippen LogP contribution in [0, 0.1) is 11.8 Å². The fraction of sp³-hybridized carbons (Fsp3) is 0.464. The van der Waals surface area contributed by atoms with E-state index in [1.807, 2.05) is 40.1 Å². The Kier molecular flexibility index (Phi) is 8.28. The number of carbonyl (C=O) groups is 3. The molecule has 0 radical (unpaired) electrons. The van der Waals surface area contributed by atoms with Gasteiger partial charge in [-0.3, -0.25) is 19.4 Å². The van der Waals surface area contributed by atoms with Crippen molar-refractivity contribution >= 4 is 17.7 Å². The summed E-state index contributed by atoms with van der Waals surface area (Å²) in [6.07, 6.45) is 9.60. The summed E-state index contributed by atoms with van der Waals surface area (Å²) in [5.74, 6) is 0.443. The molecule has 10 heteroatoms. The van der Waals surface area contributed by atoms with E-state index in [1.54, 1.807) is 0 Å². The van der Waals surface area contributed by atoms with Crippen LogP contribution in [0.15, 0.2) is 55.0 Å². The predicted molar refractivity (Wildman–Crippen MR) is 138 cm³/mol. The predicted octanol–water partition coefficient (Wildman–Crippen LogP) is 1.78. The quantitative estimate of drug-likeness (QED) is 0.570. The number of hydrogen-bond acceptors (Lipinski definition) is 7. The first-order valence-electron chi connectivity index (χ1n) is 13.1. The fourth-order valence-corrected chi connectivity index (χ4v) is 5.28. The summed E-state index contributed by atoms with van der Waals surface area (Å²) in [6, 6.07) is 7.52. The maximum Gasteiger partial charge on any atom is 0.274 e. The van der Waals surface area contributed by atoms with Gasteiger partial charge in [0.15, 0.2) is 0 Å². The van der Waals surface area contributed by atoms with Gasteiger partial charge in [0.25, 0.3) is 5.91 Å². The lowest BCUT2D eigenvalue weighted by Gasteiger charge is -2.39. The first-order valence-corrected chi connectivity index (χ1v) is 13.1. The SMILES string of the molecule is O=C(C[C@@H]1CCN2C[C@@H]1/C=C\COc1ccccc1CN(C(=O)c1cnccn1)CC2=O)N1CCOCC1. The number of morpholine rings is 1. The number of piperidine rings is 1. The number of benzene rings is 1. The number of carbonyl (C=O) groups excluding carboxylic acids is 3. The standard InChI is InChI=1S/C28H33N5O5/c34-26(31-11-14-37-15-12-31)16-21-7-10-32-18-22(21)5-3-13-38-25-6-2-1-4-23(25)19-33(20-27(32)35)28(36)24-17-29-8-9-30-24/h1-6,8-9,17,21-22H,7,10-16,18-20H2/b5-3-/t21-,22-/m0/s1. The highest BCUT2D eigenvalue weighted by atomic mass is 16.5. The third-order valence-electron chi connectivity index (χ3n) is 7.41. The molecule has 3 aliphatic heterocycles. The van der Waals surface area contributed by atoms with Crippen LogP contribution in [0.5, 0.6) is 5.75 Å². The van der Waals surface area contributed by atoms with Gasteiger partial charge in [-0.2, -0.15) is 0 Å². The average molecular weight is 520 g/mol. The van der Waals surface area contributed by atoms with Crippen molar-refractivity contribution in [2.45, 2.75) is 19.4 Å². The van der Waals surface area contributed by atoms with Gasteiger partial charge in [-0.15, -0.1) is 0 Å². The Bertz CT molecular complexity index is 1170. The summed E-state index contributed by atoms with van der Waals surface area (Å²) in [5.41, 5.74) is 0.986. The highest BCUT2D eigenvalue weighted by molar-refractivity contribution is 5.94. The van der Waals surface area contributed by atoms with Crippen LogP contribution < -0.4 is 4.74 Å². The second kappa shape index (κ2) is 12.2. The molecule has 0 spiro atoms. The lowest BCUT2D eigenvalue weighted by molar-refractivity contribution is -0.138. The Balaban J connectivity index is 1.37. The molecule has 2 bridgehead atoms. The summed E-state index contributed by atoms with van der Waals surface area (Å²) in [6.45, 7) is 3.91. The van der Waals surface area contributed by atoms with Crippen molar-refractivity contribution in [1.82, 2.24) is 24.7 Å². The minimum absolute atomic E-state index is 0.0152. The third-order valence-corrected chi connectivity index (χ3v) is 7.41. The Morgan fingerprint density at radius 3 is 2.68 bits per heavy atom. The molecule has 0 aliphatic carbocycles. The zero-order valence-corrected chi connectivity index (χ0v) is 21.4. The van der Waals surface area contributed by atoms with Gasteiger partial charge in [0.1, 0.15) is 24.6 Å². The van der Waals surface area contributed by atoms with Gasteiger partial charge in [0.05, 0.1) is 26.0 Å². The van der Waals surface area contributed by atoms with Crippen LogP contribution in [-0.2, 0) is 20.9 Å². The molecule has 10 nitrogen and oxygen atoms in total. The molecule has 1 aromatic carbocycles. The van der Waals surface area contributed by atoms with E-state index in [0.29, 0.717) is 58.2 Å². The molecule has 2 aromatic rings. The van der Waals surface area contributed by atoms with E-state index >= 15 is 0 Å². The largest absolute Gasteiger partial charge is 0.489 e. The van der Waals surface area contributed by atoms with Crippen molar-refractivity contribution in [2.75, 3.05) is 52.5 Å². The highest BCUT2D eigenvalue weighted by Gasteiger charge is 2.34. The van der Waals surface area contributed by atoms with Gasteiger partial charge in [-0.25, -0.2) is 4.98 Å². The van der Waals surface area contributed by atoms with Crippen LogP contribution in [0.25, 0.3) is 0 Å². The average Bonchev–Trinajstić information content (AvgIpc) is 2.97. The molecule has 2 fully saturated rings. The molecular formula is C28H33N5O5. The Morgan fingerprint density at radius 1 is 1.03 bits per heavy atom. The molecular weight excluding hydrogens is 486 g/mol. The maximum absolute atomic E-state index is 13.5. The van der Waals surface area contributed by atoms with Gasteiger partial charge in [0.2, 0.25) is 11.8 Å². The smallest absolute Gasteiger partial charge is 0.274 e. The Morgan fingerprint density at radius 2 is 1.87 bits per heavy atom. The first kappa shape index (κ1) is 25.8. The van der Waals surface area contributed by atoms with E-state index < -0.39 is 0 Å². The number of aromatic nitrogens is 2. The molecule has 3 aliphatic rings. The zero-order valence-electron chi connectivity index (χ0n) is 21.4. The normalized spacial score (nSPS) is 23.3. The topological polar surface area (TPSA) is 105 Å². The molecule has 0 saturated carbocycles. The lowest BCUT2D eigenvalue weighted by atomic mass is 9.82. The zero-order chi connectivity index (χ0) is 26.3. The van der Waals surface area contributed by atoms with Crippen molar-refractivity contribution in [3.05, 3.63) is 66.3 Å². The summed E-state index contributed by atoms with van der Waals surface area (Å²) < 4.78 is 11.5. The first-order chi connectivity index (χ1) is 18.6. The molecule has 5 rings (SSSR count). The van der Waals surface area contributed by atoms with Crippen LogP contribution >= 0.6 is 0 Å². The summed E-state index contributed by atoms with van der Waals surface area (Å²) >= 11 is 0. The Labute approximate surface area is 222 Å². The Hall–Kier alpha value is -3.79. The highest BCUT2D eigenvalue weighted by Crippen LogP contribution is 2.30. The monoisotopic (exact) mass is 519 g/mol. The van der Waals surface area contributed by atoms with Crippen molar-refractivity contribution in [2.24, 2.45) is 11.8 Å². The number of nitrogens with zero attached hydrogens (tertiary/aromatic N) is 5. The molecule has 3 amide bonds. The van der Waals surface area contributed by atoms with Crippen LogP contribution in [0.1, 0.15) is 28.9 Å². The number of rotatable bonds is 3.